The van der Waals surface area contributed by atoms with Crippen LogP contribution in [0.3, 0.4) is 0 Å². The lowest BCUT2D eigenvalue weighted by molar-refractivity contribution is 0.218. The van der Waals surface area contributed by atoms with Gasteiger partial charge in [-0.2, -0.15) is 9.97 Å². The molecule has 1 aromatic heterocycles. The Balaban J connectivity index is 2.31. The van der Waals surface area contributed by atoms with E-state index in [1.54, 1.807) is 0 Å². The van der Waals surface area contributed by atoms with Crippen molar-refractivity contribution in [3.63, 3.8) is 0 Å². The molecule has 5 nitrogen and oxygen atoms in total. The molecule has 0 aliphatic rings. The van der Waals surface area contributed by atoms with Crippen molar-refractivity contribution in [3.8, 4) is 17.8 Å². The van der Waals surface area contributed by atoms with Gasteiger partial charge in [-0.3, -0.25) is 0 Å². The molecule has 112 valence electrons. The van der Waals surface area contributed by atoms with Crippen LogP contribution < -0.4 is 9.47 Å². The summed E-state index contributed by atoms with van der Waals surface area (Å²) in [6.07, 6.45) is -0.143. The molecular formula is C12H9BrCl2FN3O2. The topological polar surface area (TPSA) is 57.1 Å². The van der Waals surface area contributed by atoms with Gasteiger partial charge >= 0.3 is 12.0 Å². The first kappa shape index (κ1) is 16.2. The first-order valence-corrected chi connectivity index (χ1v) is 7.30. The standard InChI is InChI=1S/C12H9BrCl2FN3O2/c1-5(2)20-11-17-10(15)18-12(19-11)21-9-4-8(16)7(14)3-6(9)13/h3-5H,1-2H3. The summed E-state index contributed by atoms with van der Waals surface area (Å²) in [6.45, 7) is 3.62. The van der Waals surface area contributed by atoms with Crippen molar-refractivity contribution < 1.29 is 13.9 Å². The number of halogens is 4. The molecular weight excluding hydrogens is 388 g/mol. The summed E-state index contributed by atoms with van der Waals surface area (Å²) >= 11 is 14.6. The zero-order valence-electron chi connectivity index (χ0n) is 10.9. The Hall–Kier alpha value is -1.18. The van der Waals surface area contributed by atoms with Gasteiger partial charge < -0.3 is 9.47 Å². The second-order valence-corrected chi connectivity index (χ2v) is 5.73. The molecule has 0 saturated heterocycles. The third kappa shape index (κ3) is 4.39. The number of aromatic nitrogens is 3. The van der Waals surface area contributed by atoms with Crippen molar-refractivity contribution in [1.82, 2.24) is 15.0 Å². The summed E-state index contributed by atoms with van der Waals surface area (Å²) in [7, 11) is 0. The van der Waals surface area contributed by atoms with E-state index in [-0.39, 0.29) is 34.2 Å². The maximum absolute atomic E-state index is 13.5. The highest BCUT2D eigenvalue weighted by molar-refractivity contribution is 9.10. The lowest BCUT2D eigenvalue weighted by Gasteiger charge is -2.10. The highest BCUT2D eigenvalue weighted by Crippen LogP contribution is 2.33. The first-order valence-electron chi connectivity index (χ1n) is 5.76. The molecule has 0 spiro atoms. The highest BCUT2D eigenvalue weighted by Gasteiger charge is 2.13. The number of hydrogen-bond donors (Lipinski definition) is 0. The van der Waals surface area contributed by atoms with Gasteiger partial charge in [-0.25, -0.2) is 4.39 Å². The first-order chi connectivity index (χ1) is 9.85. The molecule has 0 fully saturated rings. The molecule has 0 aliphatic heterocycles. The highest BCUT2D eigenvalue weighted by atomic mass is 79.9. The van der Waals surface area contributed by atoms with Crippen LogP contribution in [0.1, 0.15) is 13.8 Å². The van der Waals surface area contributed by atoms with Crippen LogP contribution in [0.15, 0.2) is 16.6 Å². The van der Waals surface area contributed by atoms with Crippen molar-refractivity contribution in [1.29, 1.82) is 0 Å². The molecule has 0 radical (unpaired) electrons. The minimum Gasteiger partial charge on any atom is -0.461 e. The van der Waals surface area contributed by atoms with Crippen molar-refractivity contribution in [3.05, 3.63) is 32.7 Å². The summed E-state index contributed by atoms with van der Waals surface area (Å²) in [4.78, 5) is 11.5. The van der Waals surface area contributed by atoms with E-state index in [2.05, 4.69) is 30.9 Å². The molecule has 0 atom stereocenters. The van der Waals surface area contributed by atoms with Crippen LogP contribution in [0.5, 0.6) is 17.8 Å². The minimum atomic E-state index is -0.631. The number of ether oxygens (including phenoxy) is 2. The van der Waals surface area contributed by atoms with Gasteiger partial charge in [-0.15, -0.1) is 4.98 Å². The van der Waals surface area contributed by atoms with Crippen molar-refractivity contribution in [2.24, 2.45) is 0 Å². The van der Waals surface area contributed by atoms with Gasteiger partial charge in [0.05, 0.1) is 15.6 Å². The van der Waals surface area contributed by atoms with Gasteiger partial charge in [-0.1, -0.05) is 11.6 Å². The Kier molecular flexibility index (Phi) is 5.18. The third-order valence-corrected chi connectivity index (χ3v) is 3.16. The molecule has 1 heterocycles. The number of nitrogens with zero attached hydrogens (tertiary/aromatic N) is 3. The van der Waals surface area contributed by atoms with E-state index in [4.69, 9.17) is 32.7 Å². The normalized spacial score (nSPS) is 10.8. The molecule has 2 rings (SSSR count). The second-order valence-electron chi connectivity index (χ2n) is 4.13. The van der Waals surface area contributed by atoms with Gasteiger partial charge in [0.2, 0.25) is 5.28 Å². The minimum absolute atomic E-state index is 0.0190. The Morgan fingerprint density at radius 3 is 2.48 bits per heavy atom. The smallest absolute Gasteiger partial charge is 0.329 e. The largest absolute Gasteiger partial charge is 0.461 e. The number of hydrogen-bond acceptors (Lipinski definition) is 5. The quantitative estimate of drug-likeness (QED) is 0.703. The van der Waals surface area contributed by atoms with Gasteiger partial charge in [0.15, 0.2) is 0 Å². The maximum Gasteiger partial charge on any atom is 0.329 e. The average Bonchev–Trinajstić information content (AvgIpc) is 2.34. The Morgan fingerprint density at radius 1 is 1.14 bits per heavy atom. The van der Waals surface area contributed by atoms with E-state index < -0.39 is 5.82 Å². The van der Waals surface area contributed by atoms with Gasteiger partial charge in [-0.05, 0) is 47.4 Å². The predicted molar refractivity (Wildman–Crippen MR) is 79.8 cm³/mol. The summed E-state index contributed by atoms with van der Waals surface area (Å²) < 4.78 is 24.6. The van der Waals surface area contributed by atoms with Crippen molar-refractivity contribution >= 4 is 39.1 Å². The fourth-order valence-electron chi connectivity index (χ4n) is 1.30. The summed E-state index contributed by atoms with van der Waals surface area (Å²) in [6, 6.07) is 2.37. The molecule has 9 heteroatoms. The summed E-state index contributed by atoms with van der Waals surface area (Å²) in [5, 5.41) is -0.132. The van der Waals surface area contributed by atoms with Crippen LogP contribution in [-0.2, 0) is 0 Å². The van der Waals surface area contributed by atoms with Crippen molar-refractivity contribution in [2.45, 2.75) is 20.0 Å². The average molecular weight is 397 g/mol. The molecule has 1 aromatic carbocycles. The van der Waals surface area contributed by atoms with E-state index in [1.807, 2.05) is 13.8 Å². The maximum atomic E-state index is 13.5. The lowest BCUT2D eigenvalue weighted by atomic mass is 10.3. The molecule has 2 aromatic rings. The molecule has 0 aliphatic carbocycles. The Labute approximate surface area is 138 Å². The fraction of sp³-hybridized carbons (Fsp3) is 0.250. The second kappa shape index (κ2) is 6.72. The third-order valence-electron chi connectivity index (χ3n) is 2.08. The van der Waals surface area contributed by atoms with Gasteiger partial charge in [0, 0.05) is 6.07 Å². The number of benzene rings is 1. The Morgan fingerprint density at radius 2 is 1.81 bits per heavy atom. The van der Waals surface area contributed by atoms with Gasteiger partial charge in [0.25, 0.3) is 0 Å². The molecule has 0 saturated carbocycles. The van der Waals surface area contributed by atoms with Crippen LogP contribution in [-0.4, -0.2) is 21.1 Å². The monoisotopic (exact) mass is 395 g/mol. The SMILES string of the molecule is CC(C)Oc1nc(Cl)nc(Oc2cc(F)c(Cl)cc2Br)n1. The molecule has 0 unspecified atom stereocenters. The zero-order chi connectivity index (χ0) is 15.6. The van der Waals surface area contributed by atoms with Crippen LogP contribution in [0.2, 0.25) is 10.3 Å². The predicted octanol–water partition coefficient (Wildman–Crippen LogP) is 4.66. The lowest BCUT2D eigenvalue weighted by Crippen LogP contribution is -2.09. The van der Waals surface area contributed by atoms with Crippen LogP contribution in [0.25, 0.3) is 0 Å². The fourth-order valence-corrected chi connectivity index (χ4v) is 2.17. The zero-order valence-corrected chi connectivity index (χ0v) is 14.0. The number of rotatable bonds is 4. The van der Waals surface area contributed by atoms with E-state index >= 15 is 0 Å². The Bertz CT molecular complexity index is 673. The van der Waals surface area contributed by atoms with E-state index in [0.29, 0.717) is 4.47 Å². The van der Waals surface area contributed by atoms with Gasteiger partial charge in [0.1, 0.15) is 11.6 Å². The summed E-state index contributed by atoms with van der Waals surface area (Å²) in [5.74, 6) is -0.483. The van der Waals surface area contributed by atoms with E-state index in [9.17, 15) is 4.39 Å². The molecule has 0 amide bonds. The van der Waals surface area contributed by atoms with Crippen LogP contribution >= 0.6 is 39.1 Å². The van der Waals surface area contributed by atoms with E-state index in [0.717, 1.165) is 6.07 Å². The van der Waals surface area contributed by atoms with Crippen LogP contribution in [0, 0.1) is 5.82 Å². The molecule has 0 N–H and O–H groups in total. The molecule has 0 bridgehead atoms. The van der Waals surface area contributed by atoms with Crippen molar-refractivity contribution in [2.75, 3.05) is 0 Å². The molecule has 21 heavy (non-hydrogen) atoms. The van der Waals surface area contributed by atoms with Crippen LogP contribution in [0.4, 0.5) is 4.39 Å². The van der Waals surface area contributed by atoms with E-state index in [1.165, 1.54) is 6.07 Å². The summed E-state index contributed by atoms with van der Waals surface area (Å²) in [5.41, 5.74) is 0.